The number of fused-ring (bicyclic) bond motifs is 1. The number of nitrogens with zero attached hydrogens (tertiary/aromatic N) is 2. The van der Waals surface area contributed by atoms with Crippen molar-refractivity contribution in [3.63, 3.8) is 0 Å². The van der Waals surface area contributed by atoms with Gasteiger partial charge in [-0.05, 0) is 92.7 Å². The van der Waals surface area contributed by atoms with Crippen LogP contribution in [0.25, 0.3) is 11.6 Å². The summed E-state index contributed by atoms with van der Waals surface area (Å²) in [5.74, 6) is 2.03. The minimum Gasteiger partial charge on any atom is -0.381 e. The Morgan fingerprint density at radius 3 is 2.64 bits per heavy atom. The van der Waals surface area contributed by atoms with E-state index < -0.39 is 0 Å². The molecule has 0 radical (unpaired) electrons. The lowest BCUT2D eigenvalue weighted by atomic mass is 9.81. The largest absolute Gasteiger partial charge is 0.381 e. The molecule has 1 saturated carbocycles. The molecule has 42 heavy (non-hydrogen) atoms. The lowest BCUT2D eigenvalue weighted by Crippen LogP contribution is -2.14. The number of rotatable bonds is 12. The summed E-state index contributed by atoms with van der Waals surface area (Å²) in [7, 11) is 0. The van der Waals surface area contributed by atoms with Gasteiger partial charge < -0.3 is 4.74 Å². The maximum atomic E-state index is 12.6. The van der Waals surface area contributed by atoms with Gasteiger partial charge in [0.1, 0.15) is 12.1 Å². The molecule has 0 amide bonds. The van der Waals surface area contributed by atoms with E-state index in [9.17, 15) is 4.79 Å². The number of aryl methyl sites for hydroxylation is 2. The van der Waals surface area contributed by atoms with Gasteiger partial charge >= 0.3 is 0 Å². The normalized spacial score (nSPS) is 21.4. The molecule has 0 atom stereocenters. The monoisotopic (exact) mass is 568 g/mol. The first-order valence-corrected chi connectivity index (χ1v) is 17.1. The molecule has 2 aromatic rings. The van der Waals surface area contributed by atoms with E-state index in [0.717, 1.165) is 102 Å². The van der Waals surface area contributed by atoms with Gasteiger partial charge in [-0.2, -0.15) is 0 Å². The summed E-state index contributed by atoms with van der Waals surface area (Å²) in [6, 6.07) is 9.06. The second-order valence-electron chi connectivity index (χ2n) is 13.0. The van der Waals surface area contributed by atoms with Crippen LogP contribution in [0.1, 0.15) is 131 Å². The number of hydrogen-bond donors (Lipinski definition) is 0. The molecule has 5 rings (SSSR count). The first-order chi connectivity index (χ1) is 20.7. The number of carbonyl (C=O) groups is 1. The highest BCUT2D eigenvalue weighted by Gasteiger charge is 2.20. The van der Waals surface area contributed by atoms with Crippen molar-refractivity contribution in [2.24, 2.45) is 11.8 Å². The van der Waals surface area contributed by atoms with Crippen molar-refractivity contribution in [3.05, 3.63) is 70.8 Å². The molecule has 4 heteroatoms. The highest BCUT2D eigenvalue weighted by Crippen LogP contribution is 2.32. The van der Waals surface area contributed by atoms with Crippen LogP contribution >= 0.6 is 0 Å². The van der Waals surface area contributed by atoms with Crippen molar-refractivity contribution >= 4 is 17.4 Å². The molecule has 226 valence electrons. The standard InChI is InChI=1S/C38H52N2O2/c41-35(21-2-1-11-31-17-7-18-34(27-31)33-19-9-25-42-26-10-20-33)22-8-14-30-12-5-15-32(16-6-13-30)28-38-36-23-3-4-24-37(36)39-29-40-38/h3,7,17-19,23,27,29-30,32H,1-2,4-6,8-16,20-22,24-26,28H2. The fourth-order valence-electron chi connectivity index (χ4n) is 7.33. The molecule has 2 heterocycles. The smallest absolute Gasteiger partial charge is 0.132 e. The van der Waals surface area contributed by atoms with Crippen LogP contribution in [0.2, 0.25) is 0 Å². The van der Waals surface area contributed by atoms with Crippen molar-refractivity contribution < 1.29 is 9.53 Å². The molecule has 0 bridgehead atoms. The predicted octanol–water partition coefficient (Wildman–Crippen LogP) is 9.30. The molecule has 0 unspecified atom stereocenters. The van der Waals surface area contributed by atoms with Gasteiger partial charge in [-0.3, -0.25) is 4.79 Å². The van der Waals surface area contributed by atoms with Crippen LogP contribution in [-0.2, 0) is 28.8 Å². The molecule has 3 aliphatic rings. The second kappa shape index (κ2) is 16.9. The Bertz CT molecular complexity index is 1190. The van der Waals surface area contributed by atoms with E-state index >= 15 is 0 Å². The van der Waals surface area contributed by atoms with E-state index in [2.05, 4.69) is 52.5 Å². The molecule has 1 aromatic carbocycles. The Hall–Kier alpha value is -2.59. The third-order valence-electron chi connectivity index (χ3n) is 9.74. The van der Waals surface area contributed by atoms with E-state index in [-0.39, 0.29) is 0 Å². The molecule has 0 spiro atoms. The maximum absolute atomic E-state index is 12.6. The summed E-state index contributed by atoms with van der Waals surface area (Å²) in [4.78, 5) is 21.8. The van der Waals surface area contributed by atoms with E-state index in [4.69, 9.17) is 4.74 Å². The van der Waals surface area contributed by atoms with Gasteiger partial charge in [-0.25, -0.2) is 9.97 Å². The first-order valence-electron chi connectivity index (χ1n) is 17.1. The van der Waals surface area contributed by atoms with Crippen LogP contribution < -0.4 is 0 Å². The van der Waals surface area contributed by atoms with Crippen LogP contribution in [0.4, 0.5) is 0 Å². The van der Waals surface area contributed by atoms with Crippen LogP contribution in [0, 0.1) is 11.8 Å². The highest BCUT2D eigenvalue weighted by molar-refractivity contribution is 5.78. The molecular formula is C38H52N2O2. The van der Waals surface area contributed by atoms with E-state index in [0.29, 0.717) is 5.78 Å². The lowest BCUT2D eigenvalue weighted by molar-refractivity contribution is -0.119. The number of Topliss-reactive ketones (excluding diaryl/α,β-unsaturated/α-hetero) is 1. The quantitative estimate of drug-likeness (QED) is 0.239. The predicted molar refractivity (Wildman–Crippen MR) is 173 cm³/mol. The van der Waals surface area contributed by atoms with Crippen molar-refractivity contribution in [1.29, 1.82) is 0 Å². The van der Waals surface area contributed by atoms with Crippen LogP contribution in [-0.4, -0.2) is 29.0 Å². The van der Waals surface area contributed by atoms with Crippen molar-refractivity contribution in [2.45, 2.75) is 122 Å². The third kappa shape index (κ3) is 9.73. The molecule has 1 aliphatic heterocycles. The molecule has 0 saturated heterocycles. The number of ketones is 1. The topological polar surface area (TPSA) is 52.1 Å². The van der Waals surface area contributed by atoms with Crippen LogP contribution in [0.5, 0.6) is 0 Å². The van der Waals surface area contributed by atoms with Gasteiger partial charge in [-0.15, -0.1) is 0 Å². The Balaban J connectivity index is 0.949. The highest BCUT2D eigenvalue weighted by atomic mass is 16.5. The van der Waals surface area contributed by atoms with Crippen LogP contribution in [0.15, 0.2) is 42.7 Å². The summed E-state index contributed by atoms with van der Waals surface area (Å²) >= 11 is 0. The number of unbranched alkanes of at least 4 members (excludes halogenated alkanes) is 1. The second-order valence-corrected chi connectivity index (χ2v) is 13.0. The first kappa shape index (κ1) is 30.9. The Kier molecular flexibility index (Phi) is 12.4. The Morgan fingerprint density at radius 2 is 1.74 bits per heavy atom. The van der Waals surface area contributed by atoms with Gasteiger partial charge in [0.2, 0.25) is 0 Å². The molecular weight excluding hydrogens is 516 g/mol. The minimum atomic E-state index is 0.471. The van der Waals surface area contributed by atoms with Crippen molar-refractivity contribution in [2.75, 3.05) is 13.2 Å². The van der Waals surface area contributed by atoms with E-state index in [1.165, 1.54) is 78.6 Å². The summed E-state index contributed by atoms with van der Waals surface area (Å²) in [5.41, 5.74) is 8.05. The van der Waals surface area contributed by atoms with Gasteiger partial charge in [0, 0.05) is 25.0 Å². The van der Waals surface area contributed by atoms with Gasteiger partial charge in [-0.1, -0.05) is 87.4 Å². The number of carbonyl (C=O) groups excluding carboxylic acids is 1. The Morgan fingerprint density at radius 1 is 0.881 bits per heavy atom. The summed E-state index contributed by atoms with van der Waals surface area (Å²) in [6.45, 7) is 1.71. The number of allylic oxidation sites excluding steroid dienone is 2. The summed E-state index contributed by atoms with van der Waals surface area (Å²) in [6.07, 6.45) is 30.1. The lowest BCUT2D eigenvalue weighted by Gasteiger charge is -2.25. The SMILES string of the molecule is O=C(CCCCc1cccc(C2=CCCOCCC2)c1)CCCC1CCCC(Cc2ncnc3c2C=CCC3)CCC1. The fourth-order valence-corrected chi connectivity index (χ4v) is 7.33. The fraction of sp³-hybridized carbons (Fsp3) is 0.605. The molecule has 4 nitrogen and oxygen atoms in total. The third-order valence-corrected chi connectivity index (χ3v) is 9.74. The number of aromatic nitrogens is 2. The van der Waals surface area contributed by atoms with Crippen molar-refractivity contribution in [3.8, 4) is 0 Å². The number of ether oxygens (including phenoxy) is 1. The number of benzene rings is 1. The average Bonchev–Trinajstić information content (AvgIpc) is 2.98. The zero-order chi connectivity index (χ0) is 28.8. The molecule has 0 N–H and O–H groups in total. The van der Waals surface area contributed by atoms with Gasteiger partial charge in [0.25, 0.3) is 0 Å². The maximum Gasteiger partial charge on any atom is 0.132 e. The molecule has 1 aromatic heterocycles. The van der Waals surface area contributed by atoms with Crippen LogP contribution in [0.3, 0.4) is 0 Å². The molecule has 1 fully saturated rings. The summed E-state index contributed by atoms with van der Waals surface area (Å²) < 4.78 is 5.59. The Labute approximate surface area is 254 Å². The minimum absolute atomic E-state index is 0.471. The van der Waals surface area contributed by atoms with E-state index in [1.807, 2.05) is 0 Å². The van der Waals surface area contributed by atoms with Gasteiger partial charge in [0.15, 0.2) is 0 Å². The zero-order valence-electron chi connectivity index (χ0n) is 25.8. The van der Waals surface area contributed by atoms with Crippen molar-refractivity contribution in [1.82, 2.24) is 9.97 Å². The van der Waals surface area contributed by atoms with E-state index in [1.54, 1.807) is 6.33 Å². The zero-order valence-corrected chi connectivity index (χ0v) is 25.8. The average molecular weight is 569 g/mol. The summed E-state index contributed by atoms with van der Waals surface area (Å²) in [5, 5.41) is 0. The van der Waals surface area contributed by atoms with Gasteiger partial charge in [0.05, 0.1) is 18.0 Å². The number of hydrogen-bond acceptors (Lipinski definition) is 4. The molecule has 2 aliphatic carbocycles.